The van der Waals surface area contributed by atoms with E-state index in [-0.39, 0.29) is 0 Å². The minimum Gasteiger partial charge on any atom is -0.388 e. The molecule has 0 unspecified atom stereocenters. The van der Waals surface area contributed by atoms with Gasteiger partial charge in [-0.05, 0) is 53.3 Å². The van der Waals surface area contributed by atoms with Gasteiger partial charge in [0.15, 0.2) is 0 Å². The molecular formula is C23H21N. The molecule has 3 aromatic carbocycles. The summed E-state index contributed by atoms with van der Waals surface area (Å²) < 4.78 is 0. The number of fused-ring (bicyclic) bond motifs is 1. The van der Waals surface area contributed by atoms with E-state index in [9.17, 15) is 0 Å². The minimum absolute atomic E-state index is 1.01. The molecule has 0 aromatic heterocycles. The zero-order valence-corrected chi connectivity index (χ0v) is 14.1. The number of hydrogen-bond donors (Lipinski definition) is 1. The van der Waals surface area contributed by atoms with Crippen LogP contribution >= 0.6 is 0 Å². The first kappa shape index (κ1) is 14.8. The van der Waals surface area contributed by atoms with Crippen molar-refractivity contribution in [3.8, 4) is 11.1 Å². The average molecular weight is 311 g/mol. The second kappa shape index (κ2) is 6.01. The van der Waals surface area contributed by atoms with Gasteiger partial charge in [0, 0.05) is 18.3 Å². The standard InChI is InChI=1S/C23H21N/c1-16-11-12-23(24-2)22(13-16)21-10-6-5-9-20(21)19-14-17-7-3-4-8-18(17)15-19/h3-14,24H,15H2,1-2H3. The number of nitrogens with one attached hydrogen (secondary N) is 1. The minimum atomic E-state index is 1.01. The number of hydrogen-bond acceptors (Lipinski definition) is 1. The molecule has 0 bridgehead atoms. The Balaban J connectivity index is 1.85. The fourth-order valence-electron chi connectivity index (χ4n) is 3.55. The molecule has 0 saturated carbocycles. The molecule has 118 valence electrons. The van der Waals surface area contributed by atoms with Gasteiger partial charge in [0.2, 0.25) is 0 Å². The zero-order chi connectivity index (χ0) is 16.5. The predicted octanol–water partition coefficient (Wildman–Crippen LogP) is 5.80. The summed E-state index contributed by atoms with van der Waals surface area (Å²) in [7, 11) is 1.99. The largest absolute Gasteiger partial charge is 0.388 e. The summed E-state index contributed by atoms with van der Waals surface area (Å²) in [4.78, 5) is 0. The van der Waals surface area contributed by atoms with E-state index >= 15 is 0 Å². The maximum atomic E-state index is 3.34. The van der Waals surface area contributed by atoms with Crippen molar-refractivity contribution >= 4 is 17.3 Å². The van der Waals surface area contributed by atoms with Crippen LogP contribution in [0.1, 0.15) is 22.3 Å². The van der Waals surface area contributed by atoms with Gasteiger partial charge in [-0.1, -0.05) is 66.2 Å². The highest BCUT2D eigenvalue weighted by Crippen LogP contribution is 2.39. The molecule has 0 spiro atoms. The molecule has 1 N–H and O–H groups in total. The molecule has 0 atom stereocenters. The Morgan fingerprint density at radius 2 is 1.54 bits per heavy atom. The normalized spacial score (nSPS) is 12.7. The van der Waals surface area contributed by atoms with Gasteiger partial charge in [-0.25, -0.2) is 0 Å². The second-order valence-corrected chi connectivity index (χ2v) is 6.39. The highest BCUT2D eigenvalue weighted by atomic mass is 14.8. The van der Waals surface area contributed by atoms with E-state index < -0.39 is 0 Å². The average Bonchev–Trinajstić information content (AvgIpc) is 3.05. The summed E-state index contributed by atoms with van der Waals surface area (Å²) in [6.07, 6.45) is 3.34. The van der Waals surface area contributed by atoms with Crippen LogP contribution < -0.4 is 5.32 Å². The van der Waals surface area contributed by atoms with Crippen LogP contribution in [-0.4, -0.2) is 7.05 Å². The first-order valence-corrected chi connectivity index (χ1v) is 8.43. The van der Waals surface area contributed by atoms with E-state index in [1.165, 1.54) is 44.6 Å². The lowest BCUT2D eigenvalue weighted by atomic mass is 9.92. The van der Waals surface area contributed by atoms with Gasteiger partial charge in [-0.3, -0.25) is 0 Å². The van der Waals surface area contributed by atoms with Crippen LogP contribution in [0.3, 0.4) is 0 Å². The first-order chi connectivity index (χ1) is 11.8. The van der Waals surface area contributed by atoms with Crippen LogP contribution in [0.5, 0.6) is 0 Å². The molecule has 0 heterocycles. The Morgan fingerprint density at radius 3 is 2.33 bits per heavy atom. The van der Waals surface area contributed by atoms with Crippen LogP contribution in [0.4, 0.5) is 5.69 Å². The molecule has 4 rings (SSSR count). The van der Waals surface area contributed by atoms with Crippen LogP contribution in [0.25, 0.3) is 22.8 Å². The predicted molar refractivity (Wildman–Crippen MR) is 104 cm³/mol. The van der Waals surface area contributed by atoms with E-state index in [0.717, 1.165) is 6.42 Å². The molecule has 0 radical (unpaired) electrons. The van der Waals surface area contributed by atoms with Crippen molar-refractivity contribution in [1.29, 1.82) is 0 Å². The van der Waals surface area contributed by atoms with Crippen LogP contribution in [0.15, 0.2) is 66.7 Å². The monoisotopic (exact) mass is 311 g/mol. The van der Waals surface area contributed by atoms with Gasteiger partial charge in [0.1, 0.15) is 0 Å². The number of benzene rings is 3. The zero-order valence-electron chi connectivity index (χ0n) is 14.1. The SMILES string of the molecule is CNc1ccc(C)cc1-c1ccccc1C1=Cc2ccccc2C1. The fourth-order valence-corrected chi connectivity index (χ4v) is 3.55. The lowest BCUT2D eigenvalue weighted by Gasteiger charge is -2.15. The Kier molecular flexibility index (Phi) is 3.70. The van der Waals surface area contributed by atoms with Crippen molar-refractivity contribution < 1.29 is 0 Å². The van der Waals surface area contributed by atoms with Crippen molar-refractivity contribution in [3.63, 3.8) is 0 Å². The summed E-state index contributed by atoms with van der Waals surface area (Å²) in [6.45, 7) is 2.15. The Hall–Kier alpha value is -2.80. The number of allylic oxidation sites excluding steroid dienone is 1. The molecule has 0 saturated heterocycles. The molecule has 0 amide bonds. The molecule has 1 nitrogen and oxygen atoms in total. The number of rotatable bonds is 3. The van der Waals surface area contributed by atoms with E-state index in [4.69, 9.17) is 0 Å². The number of aryl methyl sites for hydroxylation is 1. The van der Waals surface area contributed by atoms with E-state index in [1.807, 2.05) is 7.05 Å². The highest BCUT2D eigenvalue weighted by molar-refractivity contribution is 5.95. The van der Waals surface area contributed by atoms with E-state index in [1.54, 1.807) is 0 Å². The van der Waals surface area contributed by atoms with Crippen LogP contribution in [0.2, 0.25) is 0 Å². The van der Waals surface area contributed by atoms with Gasteiger partial charge in [-0.15, -0.1) is 0 Å². The number of anilines is 1. The van der Waals surface area contributed by atoms with Crippen molar-refractivity contribution in [1.82, 2.24) is 0 Å². The fraction of sp³-hybridized carbons (Fsp3) is 0.130. The Morgan fingerprint density at radius 1 is 0.792 bits per heavy atom. The third-order valence-corrected chi connectivity index (χ3v) is 4.77. The molecule has 1 heteroatoms. The maximum absolute atomic E-state index is 3.34. The van der Waals surface area contributed by atoms with E-state index in [2.05, 4.69) is 85.0 Å². The summed E-state index contributed by atoms with van der Waals surface area (Å²) in [6, 6.07) is 24.0. The summed E-state index contributed by atoms with van der Waals surface area (Å²) in [5.74, 6) is 0. The molecule has 0 aliphatic heterocycles. The third-order valence-electron chi connectivity index (χ3n) is 4.77. The van der Waals surface area contributed by atoms with Crippen molar-refractivity contribution in [2.45, 2.75) is 13.3 Å². The molecule has 0 fully saturated rings. The smallest absolute Gasteiger partial charge is 0.0417 e. The first-order valence-electron chi connectivity index (χ1n) is 8.43. The van der Waals surface area contributed by atoms with Crippen LogP contribution in [-0.2, 0) is 6.42 Å². The molecule has 3 aromatic rings. The second-order valence-electron chi connectivity index (χ2n) is 6.39. The van der Waals surface area contributed by atoms with Crippen molar-refractivity contribution in [3.05, 3.63) is 89.0 Å². The summed E-state index contributed by atoms with van der Waals surface area (Å²) in [5.41, 5.74) is 10.5. The van der Waals surface area contributed by atoms with E-state index in [0.29, 0.717) is 0 Å². The van der Waals surface area contributed by atoms with Gasteiger partial charge in [0.25, 0.3) is 0 Å². The molecule has 24 heavy (non-hydrogen) atoms. The molecule has 1 aliphatic rings. The Bertz CT molecular complexity index is 934. The van der Waals surface area contributed by atoms with Crippen molar-refractivity contribution in [2.24, 2.45) is 0 Å². The summed E-state index contributed by atoms with van der Waals surface area (Å²) >= 11 is 0. The molecular weight excluding hydrogens is 290 g/mol. The third kappa shape index (κ3) is 2.52. The topological polar surface area (TPSA) is 12.0 Å². The van der Waals surface area contributed by atoms with Gasteiger partial charge >= 0.3 is 0 Å². The molecule has 1 aliphatic carbocycles. The van der Waals surface area contributed by atoms with Crippen LogP contribution in [0, 0.1) is 6.92 Å². The highest BCUT2D eigenvalue weighted by Gasteiger charge is 2.17. The quantitative estimate of drug-likeness (QED) is 0.644. The Labute approximate surface area is 143 Å². The van der Waals surface area contributed by atoms with Gasteiger partial charge < -0.3 is 5.32 Å². The van der Waals surface area contributed by atoms with Gasteiger partial charge in [0.05, 0.1) is 0 Å². The summed E-state index contributed by atoms with van der Waals surface area (Å²) in [5, 5.41) is 3.34. The van der Waals surface area contributed by atoms with Crippen molar-refractivity contribution in [2.75, 3.05) is 12.4 Å². The lowest BCUT2D eigenvalue weighted by Crippen LogP contribution is -1.96. The van der Waals surface area contributed by atoms with Gasteiger partial charge in [-0.2, -0.15) is 0 Å². The lowest BCUT2D eigenvalue weighted by molar-refractivity contribution is 1.31. The maximum Gasteiger partial charge on any atom is 0.0417 e.